The van der Waals surface area contributed by atoms with Crippen LogP contribution in [0.4, 0.5) is 4.79 Å². The first-order valence-corrected chi connectivity index (χ1v) is 25.3. The molecule has 0 fully saturated rings. The minimum atomic E-state index is -2.14. The Balaban J connectivity index is 1.71. The molecule has 0 radical (unpaired) electrons. The van der Waals surface area contributed by atoms with Gasteiger partial charge in [0.1, 0.15) is 18.1 Å². The second-order valence-corrected chi connectivity index (χ2v) is 28.1. The van der Waals surface area contributed by atoms with Gasteiger partial charge in [0.25, 0.3) is 5.91 Å². The largest absolute Gasteiger partial charge is 0.543 e. The predicted octanol–water partition coefficient (Wildman–Crippen LogP) is 9.42. The van der Waals surface area contributed by atoms with Gasteiger partial charge in [0.05, 0.1) is 35.2 Å². The Bertz CT molecular complexity index is 2030. The lowest BCUT2D eigenvalue weighted by molar-refractivity contribution is -0.119. The smallest absolute Gasteiger partial charge is 0.419 e. The van der Waals surface area contributed by atoms with E-state index in [0.29, 0.717) is 42.0 Å². The number of fused-ring (bicyclic) bond motifs is 1. The third-order valence-corrected chi connectivity index (χ3v) is 15.3. The molecular weight excluding hydrogens is 727 g/mol. The fraction of sp³-hybridized carbons (Fsp3) is 0.429. The Hall–Kier alpha value is -4.73. The number of amides is 2. The zero-order chi connectivity index (χ0) is 40.8. The monoisotopic (exact) mass is 785 g/mol. The van der Waals surface area contributed by atoms with E-state index in [1.54, 1.807) is 23.0 Å². The van der Waals surface area contributed by atoms with E-state index in [4.69, 9.17) is 13.9 Å². The average molecular weight is 786 g/mol. The number of hydrogen-bond donors (Lipinski definition) is 1. The summed E-state index contributed by atoms with van der Waals surface area (Å²) in [5, 5.41) is 8.11. The van der Waals surface area contributed by atoms with Gasteiger partial charge in [-0.25, -0.2) is 9.36 Å². The van der Waals surface area contributed by atoms with E-state index in [1.807, 2.05) is 76.2 Å². The summed E-state index contributed by atoms with van der Waals surface area (Å²) < 4.78 is 21.5. The molecule has 55 heavy (non-hydrogen) atoms. The number of nitrogens with one attached hydrogen (secondary N) is 1. The Morgan fingerprint density at radius 2 is 1.65 bits per heavy atom. The van der Waals surface area contributed by atoms with Crippen molar-refractivity contribution in [1.29, 1.82) is 0 Å². The number of benzene rings is 2. The van der Waals surface area contributed by atoms with Crippen molar-refractivity contribution >= 4 is 51.8 Å². The van der Waals surface area contributed by atoms with Crippen LogP contribution in [0.25, 0.3) is 17.0 Å². The maximum Gasteiger partial charge on any atom is 0.419 e. The van der Waals surface area contributed by atoms with Crippen molar-refractivity contribution in [2.75, 3.05) is 13.3 Å². The summed E-state index contributed by atoms with van der Waals surface area (Å²) in [5.74, 6) is 0.305. The topological polar surface area (TPSA) is 117 Å². The number of hydrogen-bond acceptors (Lipinski definition) is 7. The van der Waals surface area contributed by atoms with Crippen LogP contribution in [0.15, 0.2) is 78.9 Å². The second-order valence-electron chi connectivity index (χ2n) is 17.7. The van der Waals surface area contributed by atoms with Crippen LogP contribution in [-0.2, 0) is 20.8 Å². The van der Waals surface area contributed by atoms with Crippen LogP contribution in [-0.4, -0.2) is 73.0 Å². The van der Waals surface area contributed by atoms with Gasteiger partial charge in [-0.15, -0.1) is 0 Å². The Morgan fingerprint density at radius 1 is 0.964 bits per heavy atom. The molecule has 2 aromatic heterocycles. The van der Waals surface area contributed by atoms with Crippen LogP contribution in [0.3, 0.4) is 0 Å². The molecule has 2 aromatic carbocycles. The second kappa shape index (κ2) is 17.4. The van der Waals surface area contributed by atoms with Gasteiger partial charge in [0.15, 0.2) is 0 Å². The minimum Gasteiger partial charge on any atom is -0.543 e. The molecule has 2 amide bonds. The Labute approximate surface area is 328 Å². The van der Waals surface area contributed by atoms with Crippen molar-refractivity contribution in [3.63, 3.8) is 0 Å². The number of nitrogens with zero attached hydrogens (tertiary/aromatic N) is 4. The molecule has 0 aliphatic rings. The quantitative estimate of drug-likeness (QED) is 0.0420. The van der Waals surface area contributed by atoms with Crippen LogP contribution in [0.5, 0.6) is 5.75 Å². The van der Waals surface area contributed by atoms with Gasteiger partial charge in [-0.05, 0) is 93.9 Å². The van der Waals surface area contributed by atoms with E-state index in [9.17, 15) is 14.4 Å². The molecule has 13 heteroatoms. The molecule has 0 saturated carbocycles. The Kier molecular flexibility index (Phi) is 13.6. The molecule has 296 valence electrons. The lowest BCUT2D eigenvalue weighted by Gasteiger charge is -2.36. The van der Waals surface area contributed by atoms with Gasteiger partial charge < -0.3 is 19.2 Å². The number of allylic oxidation sites excluding steroid dienone is 1. The van der Waals surface area contributed by atoms with Crippen molar-refractivity contribution in [3.8, 4) is 5.75 Å². The molecule has 4 rings (SSSR count). The zero-order valence-corrected chi connectivity index (χ0v) is 36.6. The molecule has 0 saturated heterocycles. The minimum absolute atomic E-state index is 0.00000771. The molecular formula is C42H59N5O6Si2. The summed E-state index contributed by atoms with van der Waals surface area (Å²) in [4.78, 5) is 40.9. The van der Waals surface area contributed by atoms with Gasteiger partial charge in [0, 0.05) is 32.5 Å². The number of carbonyl (C=O) groups is 3. The summed E-state index contributed by atoms with van der Waals surface area (Å²) in [6.45, 7) is 26.2. The summed E-state index contributed by atoms with van der Waals surface area (Å²) >= 11 is 0. The van der Waals surface area contributed by atoms with E-state index in [0.717, 1.165) is 28.3 Å². The highest BCUT2D eigenvalue weighted by molar-refractivity contribution is 6.76. The van der Waals surface area contributed by atoms with E-state index in [1.165, 1.54) is 21.9 Å². The molecule has 2 heterocycles. The van der Waals surface area contributed by atoms with E-state index in [2.05, 4.69) is 63.9 Å². The van der Waals surface area contributed by atoms with Crippen LogP contribution >= 0.6 is 0 Å². The van der Waals surface area contributed by atoms with Crippen molar-refractivity contribution in [2.24, 2.45) is 0 Å². The van der Waals surface area contributed by atoms with E-state index < -0.39 is 34.0 Å². The van der Waals surface area contributed by atoms with Gasteiger partial charge >= 0.3 is 6.09 Å². The maximum absolute atomic E-state index is 13.7. The highest BCUT2D eigenvalue weighted by atomic mass is 28.4. The molecule has 0 unspecified atom stereocenters. The highest BCUT2D eigenvalue weighted by Gasteiger charge is 2.39. The lowest BCUT2D eigenvalue weighted by Crippen LogP contribution is -2.43. The van der Waals surface area contributed by atoms with Crippen LogP contribution < -0.4 is 9.74 Å². The number of aromatic nitrogens is 3. The number of carbonyl (C=O) groups excluding carboxylic acids is 3. The average Bonchev–Trinajstić information content (AvgIpc) is 3.68. The zero-order valence-electron chi connectivity index (χ0n) is 34.6. The first kappa shape index (κ1) is 43.0. The number of rotatable bonds is 15. The van der Waals surface area contributed by atoms with Crippen molar-refractivity contribution in [2.45, 2.75) is 104 Å². The molecule has 11 nitrogen and oxygen atoms in total. The van der Waals surface area contributed by atoms with Crippen LogP contribution in [0.1, 0.15) is 68.7 Å². The number of aryl methyl sites for hydroxylation is 1. The van der Waals surface area contributed by atoms with Crippen LogP contribution in [0, 0.1) is 6.92 Å². The van der Waals surface area contributed by atoms with Gasteiger partial charge in [-0.1, -0.05) is 70.2 Å². The van der Waals surface area contributed by atoms with Crippen molar-refractivity contribution in [3.05, 3.63) is 101 Å². The first-order chi connectivity index (χ1) is 25.5. The van der Waals surface area contributed by atoms with E-state index >= 15 is 0 Å². The third-order valence-electron chi connectivity index (χ3n) is 9.29. The molecule has 0 atom stereocenters. The maximum atomic E-state index is 13.7. The SMILES string of the molecule is Cc1ccc(Cn2cc(C(=O)NC(/C=C/c3cc4cc(O[Si](C)(C)C(C)(C)C)ccc4n3C(=O)OC(C)(C)C)=C/N(C=O)COCC[Si](C)(C)C)cn2)cc1. The summed E-state index contributed by atoms with van der Waals surface area (Å²) in [6.07, 6.45) is 8.15. The predicted molar refractivity (Wildman–Crippen MR) is 225 cm³/mol. The first-order valence-electron chi connectivity index (χ1n) is 18.7. The molecule has 1 N–H and O–H groups in total. The lowest BCUT2D eigenvalue weighted by atomic mass is 10.1. The summed E-state index contributed by atoms with van der Waals surface area (Å²) in [5.41, 5.74) is 3.24. The highest BCUT2D eigenvalue weighted by Crippen LogP contribution is 2.38. The summed E-state index contributed by atoms with van der Waals surface area (Å²) in [7, 11) is -3.48. The standard InChI is InChI=1S/C42H59N5O6Si2/c1-31-13-15-32(16-14-31)26-46-27-34(25-43-46)39(49)44-35(28-45(29-48)30-51-21-22-54(8,9)10)17-18-36-23-33-24-37(53-55(11,12)42(5,6)7)19-20-38(33)47(36)40(50)52-41(2,3)4/h13-20,23-25,27-29H,21-22,26,30H2,1-12H3,(H,44,49)/b18-17+,35-28+. The molecule has 0 aliphatic heterocycles. The molecule has 4 aromatic rings. The normalized spacial score (nSPS) is 13.0. The molecule has 0 aliphatic carbocycles. The number of ether oxygens (including phenoxy) is 2. The van der Waals surface area contributed by atoms with Crippen LogP contribution in [0.2, 0.25) is 43.8 Å². The van der Waals surface area contributed by atoms with Gasteiger partial charge in [-0.2, -0.15) is 5.10 Å². The summed E-state index contributed by atoms with van der Waals surface area (Å²) in [6, 6.07) is 16.6. The van der Waals surface area contributed by atoms with Gasteiger partial charge in [0.2, 0.25) is 14.7 Å². The molecule has 0 spiro atoms. The van der Waals surface area contributed by atoms with Crippen molar-refractivity contribution in [1.82, 2.24) is 24.6 Å². The van der Waals surface area contributed by atoms with Gasteiger partial charge in [-0.3, -0.25) is 19.2 Å². The fourth-order valence-electron chi connectivity index (χ4n) is 5.13. The third kappa shape index (κ3) is 12.7. The van der Waals surface area contributed by atoms with E-state index in [-0.39, 0.29) is 11.8 Å². The Morgan fingerprint density at radius 3 is 2.27 bits per heavy atom. The van der Waals surface area contributed by atoms with Crippen molar-refractivity contribution < 1.29 is 28.3 Å². The fourth-order valence-corrected chi connectivity index (χ4v) is 6.91. The molecule has 0 bridgehead atoms.